The Labute approximate surface area is 74.8 Å². The molecule has 0 aromatic carbocycles. The predicted molar refractivity (Wildman–Crippen MR) is 52.7 cm³/mol. The molecule has 0 aromatic heterocycles. The van der Waals surface area contributed by atoms with E-state index in [9.17, 15) is 0 Å². The molecule has 0 saturated heterocycles. The van der Waals surface area contributed by atoms with Gasteiger partial charge in [0.05, 0.1) is 12.8 Å². The third kappa shape index (κ3) is 2.82. The molecule has 0 heterocycles. The number of ether oxygens (including phenoxy) is 1. The molecule has 0 radical (unpaired) electrons. The van der Waals surface area contributed by atoms with Crippen molar-refractivity contribution >= 4 is 0 Å². The van der Waals surface area contributed by atoms with Crippen molar-refractivity contribution in [2.24, 2.45) is 0 Å². The molecule has 0 fully saturated rings. The summed E-state index contributed by atoms with van der Waals surface area (Å²) in [4.78, 5) is 2.00. The van der Waals surface area contributed by atoms with E-state index in [2.05, 4.69) is 6.58 Å². The lowest BCUT2D eigenvalue weighted by molar-refractivity contribution is 0.279. The fraction of sp³-hybridized carbons (Fsp3) is 0.400. The third-order valence-corrected chi connectivity index (χ3v) is 1.50. The van der Waals surface area contributed by atoms with Crippen LogP contribution in [0, 0.1) is 0 Å². The van der Waals surface area contributed by atoms with E-state index < -0.39 is 0 Å². The van der Waals surface area contributed by atoms with Crippen LogP contribution in [0.3, 0.4) is 0 Å². The zero-order valence-electron chi connectivity index (χ0n) is 8.29. The molecule has 0 unspecified atom stereocenters. The second kappa shape index (κ2) is 5.47. The summed E-state index contributed by atoms with van der Waals surface area (Å²) in [6, 6.07) is 0. The second-order valence-corrected chi connectivity index (χ2v) is 2.54. The number of hydrogen-bond acceptors (Lipinski definition) is 2. The molecule has 0 saturated carbocycles. The first-order valence-electron chi connectivity index (χ1n) is 3.88. The molecule has 0 aliphatic carbocycles. The molecular formula is C10H17NO. The van der Waals surface area contributed by atoms with E-state index in [-0.39, 0.29) is 0 Å². The van der Waals surface area contributed by atoms with Crippen molar-refractivity contribution in [3.05, 3.63) is 36.3 Å². The molecule has 0 aliphatic rings. The van der Waals surface area contributed by atoms with Gasteiger partial charge in [0.25, 0.3) is 0 Å². The molecule has 12 heavy (non-hydrogen) atoms. The van der Waals surface area contributed by atoms with Gasteiger partial charge in [-0.3, -0.25) is 0 Å². The maximum Gasteiger partial charge on any atom is 0.141 e. The monoisotopic (exact) mass is 167 g/mol. The van der Waals surface area contributed by atoms with E-state index in [4.69, 9.17) is 4.74 Å². The van der Waals surface area contributed by atoms with Crippen molar-refractivity contribution < 1.29 is 4.74 Å². The highest BCUT2D eigenvalue weighted by Gasteiger charge is 2.04. The highest BCUT2D eigenvalue weighted by Crippen LogP contribution is 2.12. The Bertz CT molecular complexity index is 202. The number of likely N-dealkylation sites (N-methyl/N-ethyl adjacent to an activating group) is 1. The normalized spacial score (nSPS) is 12.7. The molecule has 0 bridgehead atoms. The van der Waals surface area contributed by atoms with Gasteiger partial charge in [-0.25, -0.2) is 0 Å². The number of hydrogen-bond donors (Lipinski definition) is 0. The SMILES string of the molecule is C=C/C=C(OC)\C(=C/C)N(C)C. The summed E-state index contributed by atoms with van der Waals surface area (Å²) in [6.45, 7) is 5.60. The summed E-state index contributed by atoms with van der Waals surface area (Å²) in [5.41, 5.74) is 1.05. The van der Waals surface area contributed by atoms with Gasteiger partial charge in [0, 0.05) is 14.1 Å². The minimum Gasteiger partial charge on any atom is -0.495 e. The number of rotatable bonds is 4. The van der Waals surface area contributed by atoms with E-state index in [1.165, 1.54) is 0 Å². The van der Waals surface area contributed by atoms with E-state index >= 15 is 0 Å². The molecular weight excluding hydrogens is 150 g/mol. The average molecular weight is 167 g/mol. The summed E-state index contributed by atoms with van der Waals surface area (Å²) in [5.74, 6) is 0.831. The van der Waals surface area contributed by atoms with E-state index in [1.807, 2.05) is 38.1 Å². The first-order valence-corrected chi connectivity index (χ1v) is 3.88. The van der Waals surface area contributed by atoms with Gasteiger partial charge in [0.1, 0.15) is 5.76 Å². The lowest BCUT2D eigenvalue weighted by atomic mass is 10.3. The van der Waals surface area contributed by atoms with Crippen LogP contribution in [0.25, 0.3) is 0 Å². The van der Waals surface area contributed by atoms with Crippen LogP contribution in [0.15, 0.2) is 36.3 Å². The van der Waals surface area contributed by atoms with Crippen molar-refractivity contribution in [1.29, 1.82) is 0 Å². The van der Waals surface area contributed by atoms with Crippen LogP contribution in [0.5, 0.6) is 0 Å². The summed E-state index contributed by atoms with van der Waals surface area (Å²) >= 11 is 0. The Morgan fingerprint density at radius 1 is 1.42 bits per heavy atom. The van der Waals surface area contributed by atoms with Crippen LogP contribution in [0.1, 0.15) is 6.92 Å². The lowest BCUT2D eigenvalue weighted by Crippen LogP contribution is -2.13. The summed E-state index contributed by atoms with van der Waals surface area (Å²) in [5, 5.41) is 0. The van der Waals surface area contributed by atoms with Crippen LogP contribution in [0.4, 0.5) is 0 Å². The van der Waals surface area contributed by atoms with Crippen LogP contribution < -0.4 is 0 Å². The van der Waals surface area contributed by atoms with E-state index in [0.717, 1.165) is 11.5 Å². The molecule has 0 aliphatic heterocycles. The lowest BCUT2D eigenvalue weighted by Gasteiger charge is -2.18. The van der Waals surface area contributed by atoms with Gasteiger partial charge in [-0.1, -0.05) is 18.7 Å². The summed E-state index contributed by atoms with van der Waals surface area (Å²) in [6.07, 6.45) is 5.56. The Balaban J connectivity index is 4.69. The van der Waals surface area contributed by atoms with Crippen molar-refractivity contribution in [3.63, 3.8) is 0 Å². The number of nitrogens with zero attached hydrogens (tertiary/aromatic N) is 1. The summed E-state index contributed by atoms with van der Waals surface area (Å²) < 4.78 is 5.18. The second-order valence-electron chi connectivity index (χ2n) is 2.54. The molecule has 0 spiro atoms. The molecule has 0 N–H and O–H groups in total. The van der Waals surface area contributed by atoms with Crippen LogP contribution in [0.2, 0.25) is 0 Å². The van der Waals surface area contributed by atoms with Crippen molar-refractivity contribution in [2.45, 2.75) is 6.92 Å². The molecule has 68 valence electrons. The van der Waals surface area contributed by atoms with Gasteiger partial charge in [-0.05, 0) is 13.0 Å². The molecule has 0 atom stereocenters. The van der Waals surface area contributed by atoms with Gasteiger partial charge < -0.3 is 9.64 Å². The first-order chi connectivity index (χ1) is 5.67. The first kappa shape index (κ1) is 10.8. The van der Waals surface area contributed by atoms with Gasteiger partial charge in [0.15, 0.2) is 0 Å². The smallest absolute Gasteiger partial charge is 0.141 e. The van der Waals surface area contributed by atoms with Gasteiger partial charge >= 0.3 is 0 Å². The minimum atomic E-state index is 0.831. The van der Waals surface area contributed by atoms with Gasteiger partial charge in [-0.15, -0.1) is 0 Å². The van der Waals surface area contributed by atoms with Crippen LogP contribution in [-0.2, 0) is 4.74 Å². The summed E-state index contributed by atoms with van der Waals surface area (Å²) in [7, 11) is 5.61. The van der Waals surface area contributed by atoms with E-state index in [1.54, 1.807) is 13.2 Å². The van der Waals surface area contributed by atoms with Crippen molar-refractivity contribution in [3.8, 4) is 0 Å². The molecule has 0 rings (SSSR count). The maximum absolute atomic E-state index is 5.18. The number of allylic oxidation sites excluding steroid dienone is 3. The highest BCUT2D eigenvalue weighted by atomic mass is 16.5. The van der Waals surface area contributed by atoms with Crippen LogP contribution >= 0.6 is 0 Å². The Morgan fingerprint density at radius 2 is 2.00 bits per heavy atom. The average Bonchev–Trinajstić information content (AvgIpc) is 2.03. The fourth-order valence-electron chi connectivity index (χ4n) is 0.986. The minimum absolute atomic E-state index is 0.831. The topological polar surface area (TPSA) is 12.5 Å². The Hall–Kier alpha value is -1.18. The molecule has 2 heteroatoms. The van der Waals surface area contributed by atoms with Gasteiger partial charge in [-0.2, -0.15) is 0 Å². The predicted octanol–water partition coefficient (Wildman–Crippen LogP) is 2.17. The Morgan fingerprint density at radius 3 is 2.25 bits per heavy atom. The quantitative estimate of drug-likeness (QED) is 0.470. The van der Waals surface area contributed by atoms with Gasteiger partial charge in [0.2, 0.25) is 0 Å². The zero-order chi connectivity index (χ0) is 9.56. The Kier molecular flexibility index (Phi) is 4.93. The van der Waals surface area contributed by atoms with Crippen LogP contribution in [-0.4, -0.2) is 26.1 Å². The maximum atomic E-state index is 5.18. The number of methoxy groups -OCH3 is 1. The zero-order valence-corrected chi connectivity index (χ0v) is 8.29. The van der Waals surface area contributed by atoms with Crippen molar-refractivity contribution in [1.82, 2.24) is 4.90 Å². The van der Waals surface area contributed by atoms with Crippen molar-refractivity contribution in [2.75, 3.05) is 21.2 Å². The molecule has 0 aromatic rings. The third-order valence-electron chi connectivity index (χ3n) is 1.50. The fourth-order valence-corrected chi connectivity index (χ4v) is 0.986. The molecule has 0 amide bonds. The standard InChI is InChI=1S/C10H17NO/c1-6-8-10(12-5)9(7-2)11(3)4/h6-8H,1H2,2-5H3/b9-7+,10-8+. The largest absolute Gasteiger partial charge is 0.495 e. The van der Waals surface area contributed by atoms with E-state index in [0.29, 0.717) is 0 Å². The molecule has 2 nitrogen and oxygen atoms in total. The highest BCUT2D eigenvalue weighted by molar-refractivity contribution is 5.26.